The second kappa shape index (κ2) is 11.6. The molecule has 0 radical (unpaired) electrons. The summed E-state index contributed by atoms with van der Waals surface area (Å²) in [6.45, 7) is 3.14. The van der Waals surface area contributed by atoms with Crippen LogP contribution in [0.5, 0.6) is 5.88 Å². The Morgan fingerprint density at radius 2 is 1.89 bits per heavy atom. The third-order valence-corrected chi connectivity index (χ3v) is 10.6. The van der Waals surface area contributed by atoms with Crippen molar-refractivity contribution in [3.63, 3.8) is 0 Å². The topological polar surface area (TPSA) is 96.7 Å². The fourth-order valence-corrected chi connectivity index (χ4v) is 8.27. The van der Waals surface area contributed by atoms with Crippen LogP contribution in [-0.2, 0) is 11.3 Å². The number of aromatic nitrogens is 2. The van der Waals surface area contributed by atoms with Gasteiger partial charge in [-0.25, -0.2) is 13.9 Å². The van der Waals surface area contributed by atoms with Crippen molar-refractivity contribution in [3.05, 3.63) is 87.7 Å². The number of carbonyl (C=O) groups is 2. The van der Waals surface area contributed by atoms with Crippen LogP contribution in [0.1, 0.15) is 54.4 Å². The van der Waals surface area contributed by atoms with E-state index < -0.39 is 23.2 Å². The van der Waals surface area contributed by atoms with Gasteiger partial charge < -0.3 is 15.2 Å². The van der Waals surface area contributed by atoms with Gasteiger partial charge in [-0.05, 0) is 73.7 Å². The lowest BCUT2D eigenvalue weighted by molar-refractivity contribution is -0.127. The molecule has 3 aliphatic rings. The van der Waals surface area contributed by atoms with Crippen molar-refractivity contribution in [3.8, 4) is 5.88 Å². The maximum Gasteiger partial charge on any atom is 0.335 e. The van der Waals surface area contributed by atoms with Gasteiger partial charge in [-0.3, -0.25) is 9.69 Å². The van der Waals surface area contributed by atoms with Gasteiger partial charge in [0.05, 0.1) is 27.5 Å². The van der Waals surface area contributed by atoms with Crippen molar-refractivity contribution in [2.24, 2.45) is 11.8 Å². The lowest BCUT2D eigenvalue weighted by Gasteiger charge is -2.41. The molecule has 0 unspecified atom stereocenters. The first-order chi connectivity index (χ1) is 21.6. The molecule has 11 heteroatoms. The van der Waals surface area contributed by atoms with Crippen molar-refractivity contribution < 1.29 is 23.8 Å². The Kier molecular flexibility index (Phi) is 7.74. The van der Waals surface area contributed by atoms with E-state index in [0.29, 0.717) is 52.1 Å². The zero-order valence-corrected chi connectivity index (χ0v) is 26.2. The van der Waals surface area contributed by atoms with Crippen LogP contribution in [0.15, 0.2) is 60.7 Å². The number of benzene rings is 3. The third kappa shape index (κ3) is 5.15. The number of nitrogens with one attached hydrogen (secondary N) is 1. The van der Waals surface area contributed by atoms with Crippen molar-refractivity contribution in [1.29, 1.82) is 0 Å². The van der Waals surface area contributed by atoms with Crippen LogP contribution >= 0.6 is 23.2 Å². The summed E-state index contributed by atoms with van der Waals surface area (Å²) in [6, 6.07) is 16.5. The van der Waals surface area contributed by atoms with E-state index in [1.807, 2.05) is 6.92 Å². The summed E-state index contributed by atoms with van der Waals surface area (Å²) in [7, 11) is 0. The molecule has 2 fully saturated rings. The fraction of sp³-hybridized carbons (Fsp3) is 0.382. The van der Waals surface area contributed by atoms with Gasteiger partial charge in [0.25, 0.3) is 0 Å². The molecule has 7 rings (SSSR count). The molecule has 1 aliphatic carbocycles. The molecule has 4 aromatic rings. The Morgan fingerprint density at radius 3 is 2.64 bits per heavy atom. The Bertz CT molecular complexity index is 1810. The maximum absolute atomic E-state index is 16.1. The summed E-state index contributed by atoms with van der Waals surface area (Å²) in [5.74, 6) is -1.86. The summed E-state index contributed by atoms with van der Waals surface area (Å²) >= 11 is 12.6. The van der Waals surface area contributed by atoms with Crippen molar-refractivity contribution >= 4 is 51.7 Å². The van der Waals surface area contributed by atoms with Gasteiger partial charge in [-0.15, -0.1) is 0 Å². The van der Waals surface area contributed by atoms with Gasteiger partial charge in [-0.1, -0.05) is 54.2 Å². The predicted molar refractivity (Wildman–Crippen MR) is 171 cm³/mol. The number of halogens is 3. The van der Waals surface area contributed by atoms with E-state index in [-0.39, 0.29) is 35.1 Å². The van der Waals surface area contributed by atoms with Gasteiger partial charge in [0.15, 0.2) is 0 Å². The number of hydrogen-bond acceptors (Lipinski definition) is 5. The van der Waals surface area contributed by atoms with E-state index in [0.717, 1.165) is 25.7 Å². The van der Waals surface area contributed by atoms with Gasteiger partial charge in [0.2, 0.25) is 11.8 Å². The summed E-state index contributed by atoms with van der Waals surface area (Å²) in [5.41, 5.74) is 0.342. The van der Waals surface area contributed by atoms with E-state index in [9.17, 15) is 14.7 Å². The molecular formula is C34H33Cl2FN4O4. The molecule has 0 spiro atoms. The number of likely N-dealkylation sites (tertiary alicyclic amines) is 1. The highest BCUT2D eigenvalue weighted by molar-refractivity contribution is 6.31. The fourth-order valence-electron chi connectivity index (χ4n) is 7.90. The van der Waals surface area contributed by atoms with Crippen molar-refractivity contribution in [1.82, 2.24) is 14.7 Å². The number of hydrogen-bond donors (Lipinski definition) is 2. The highest BCUT2D eigenvalue weighted by Gasteiger charge is 2.62. The molecule has 1 amide bonds. The minimum Gasteiger partial charge on any atom is -0.478 e. The van der Waals surface area contributed by atoms with E-state index in [1.54, 1.807) is 47.1 Å². The van der Waals surface area contributed by atoms with E-state index >= 15 is 4.39 Å². The van der Waals surface area contributed by atoms with Crippen LogP contribution < -0.4 is 10.1 Å². The SMILES string of the molecule is C[C@]1(C(=O)Nc2cccc(Cl)c2)[C@@H](c2cccc(Cl)c2F)[C@@H]2Cn3nc4cc(C(=O)O)ccc4c3OC[C@@H]2N1CC1CCCC1. The average Bonchev–Trinajstić information content (AvgIpc) is 3.67. The number of carboxylic acids is 1. The standard InChI is InChI=1S/C34H33Cl2FN4O4/c1-34(33(44)38-22-9-4-8-21(35)15-22)29(24-10-5-11-26(36)30(24)37)25-17-41-31(23-13-12-20(32(42)43)14-27(23)39-41)45-18-28(25)40(34)16-19-6-2-3-7-19/h4-5,8-15,19,25,28-29H,2-3,6-7,16-18H2,1H3,(H,38,44)(H,42,43)/t25-,28+,29+,34-/m1/s1. The third-order valence-electron chi connectivity index (χ3n) is 10.0. The Labute approximate surface area is 270 Å². The smallest absolute Gasteiger partial charge is 0.335 e. The Balaban J connectivity index is 1.38. The second-order valence-electron chi connectivity index (χ2n) is 12.6. The average molecular weight is 652 g/mol. The Morgan fingerprint density at radius 1 is 1.11 bits per heavy atom. The number of rotatable bonds is 6. The summed E-state index contributed by atoms with van der Waals surface area (Å²) in [6.07, 6.45) is 4.41. The van der Waals surface area contributed by atoms with Gasteiger partial charge in [-0.2, -0.15) is 5.10 Å². The van der Waals surface area contributed by atoms with Crippen LogP contribution in [0.3, 0.4) is 0 Å². The first-order valence-corrected chi connectivity index (χ1v) is 16.0. The van der Waals surface area contributed by atoms with Crippen LogP contribution in [-0.4, -0.2) is 56.4 Å². The molecular weight excluding hydrogens is 618 g/mol. The highest BCUT2D eigenvalue weighted by Crippen LogP contribution is 2.53. The molecule has 4 atom stereocenters. The van der Waals surface area contributed by atoms with Crippen LogP contribution in [0.4, 0.5) is 10.1 Å². The van der Waals surface area contributed by atoms with Crippen LogP contribution in [0, 0.1) is 17.7 Å². The van der Waals surface area contributed by atoms with Crippen LogP contribution in [0.25, 0.3) is 10.9 Å². The van der Waals surface area contributed by atoms with E-state index in [2.05, 4.69) is 10.2 Å². The number of aromatic carboxylic acids is 1. The number of carboxylic acid groups (broad SMARTS) is 1. The molecule has 234 valence electrons. The Hall–Kier alpha value is -3.66. The zero-order valence-electron chi connectivity index (χ0n) is 24.7. The first-order valence-electron chi connectivity index (χ1n) is 15.3. The number of fused-ring (bicyclic) bond motifs is 4. The van der Waals surface area contributed by atoms with Gasteiger partial charge in [0.1, 0.15) is 18.0 Å². The molecule has 1 aromatic heterocycles. The van der Waals surface area contributed by atoms with E-state index in [4.69, 9.17) is 33.0 Å². The predicted octanol–water partition coefficient (Wildman–Crippen LogP) is 7.24. The van der Waals surface area contributed by atoms with Gasteiger partial charge >= 0.3 is 5.97 Å². The molecule has 8 nitrogen and oxygen atoms in total. The molecule has 3 aromatic carbocycles. The summed E-state index contributed by atoms with van der Waals surface area (Å²) in [5, 5.41) is 18.6. The van der Waals surface area contributed by atoms with Crippen molar-refractivity contribution in [2.75, 3.05) is 18.5 Å². The van der Waals surface area contributed by atoms with Crippen LogP contribution in [0.2, 0.25) is 10.0 Å². The maximum atomic E-state index is 16.1. The summed E-state index contributed by atoms with van der Waals surface area (Å²) < 4.78 is 24.3. The lowest BCUT2D eigenvalue weighted by Crippen LogP contribution is -2.57. The second-order valence-corrected chi connectivity index (χ2v) is 13.4. The quantitative estimate of drug-likeness (QED) is 0.228. The van der Waals surface area contributed by atoms with Crippen molar-refractivity contribution in [2.45, 2.75) is 56.7 Å². The highest BCUT2D eigenvalue weighted by atomic mass is 35.5. The number of amides is 1. The molecule has 3 heterocycles. The molecule has 1 saturated heterocycles. The largest absolute Gasteiger partial charge is 0.478 e. The zero-order chi connectivity index (χ0) is 31.5. The molecule has 45 heavy (non-hydrogen) atoms. The number of anilines is 1. The first kappa shape index (κ1) is 30.0. The number of nitrogens with zero attached hydrogens (tertiary/aromatic N) is 3. The lowest BCUT2D eigenvalue weighted by atomic mass is 9.74. The monoisotopic (exact) mass is 650 g/mol. The minimum atomic E-state index is -1.20. The normalized spacial score (nSPS) is 25.0. The molecule has 2 N–H and O–H groups in total. The number of carbonyl (C=O) groups excluding carboxylic acids is 1. The molecule has 0 bridgehead atoms. The van der Waals surface area contributed by atoms with E-state index in [1.165, 1.54) is 18.2 Å². The minimum absolute atomic E-state index is 0.00696. The summed E-state index contributed by atoms with van der Waals surface area (Å²) in [4.78, 5) is 28.6. The molecule has 2 aliphatic heterocycles. The number of ether oxygens (including phenoxy) is 1. The molecule has 1 saturated carbocycles. The van der Waals surface area contributed by atoms with Gasteiger partial charge in [0, 0.05) is 35.6 Å².